The standard InChI is InChI=1S/C22H23N3O2S/c1-13(2)14-7-9-16(10-8-14)25-21(27)18(20(26)24-22(25)28)19-17-6-4-3-5-15(17)11-12-23-19/h3-10,13,19,23,27H,11-12H2,1-2H3,(H,24,26,28)/p+1. The Balaban J connectivity index is 1.88. The molecular weight excluding hydrogens is 370 g/mol. The van der Waals surface area contributed by atoms with Crippen LogP contribution in [0.25, 0.3) is 5.69 Å². The fourth-order valence-electron chi connectivity index (χ4n) is 3.94. The molecule has 0 bridgehead atoms. The minimum absolute atomic E-state index is 0.0935. The second-order valence-corrected chi connectivity index (χ2v) is 7.92. The molecule has 4 N–H and O–H groups in total. The van der Waals surface area contributed by atoms with E-state index in [1.807, 2.05) is 42.5 Å². The molecule has 1 aliphatic heterocycles. The van der Waals surface area contributed by atoms with Crippen LogP contribution >= 0.6 is 12.2 Å². The highest BCUT2D eigenvalue weighted by Gasteiger charge is 2.31. The normalized spacial score (nSPS) is 16.2. The molecule has 0 saturated heterocycles. The van der Waals surface area contributed by atoms with Crippen molar-refractivity contribution in [2.75, 3.05) is 6.54 Å². The van der Waals surface area contributed by atoms with Gasteiger partial charge in [0, 0.05) is 12.0 Å². The van der Waals surface area contributed by atoms with Crippen LogP contribution in [0.1, 0.15) is 48.1 Å². The molecule has 3 aromatic rings. The van der Waals surface area contributed by atoms with E-state index in [9.17, 15) is 9.90 Å². The van der Waals surface area contributed by atoms with Crippen molar-refractivity contribution in [2.45, 2.75) is 32.2 Å². The molecule has 1 atom stereocenters. The van der Waals surface area contributed by atoms with E-state index in [0.717, 1.165) is 24.2 Å². The number of quaternary nitrogens is 1. The Morgan fingerprint density at radius 2 is 1.89 bits per heavy atom. The number of H-pyrrole nitrogens is 1. The van der Waals surface area contributed by atoms with Gasteiger partial charge in [0.15, 0.2) is 4.77 Å². The molecule has 6 heteroatoms. The van der Waals surface area contributed by atoms with Crippen LogP contribution in [0.4, 0.5) is 0 Å². The maximum Gasteiger partial charge on any atom is 0.265 e. The predicted molar refractivity (Wildman–Crippen MR) is 112 cm³/mol. The van der Waals surface area contributed by atoms with Gasteiger partial charge in [0.05, 0.1) is 12.2 Å². The molecule has 2 heterocycles. The number of nitrogens with one attached hydrogen (secondary N) is 1. The number of nitrogens with two attached hydrogens (primary N) is 1. The molecule has 0 aliphatic carbocycles. The van der Waals surface area contributed by atoms with Crippen molar-refractivity contribution in [1.29, 1.82) is 0 Å². The van der Waals surface area contributed by atoms with Crippen LogP contribution in [0.3, 0.4) is 0 Å². The monoisotopic (exact) mass is 394 g/mol. The topological polar surface area (TPSA) is 74.6 Å². The summed E-state index contributed by atoms with van der Waals surface area (Å²) in [6.45, 7) is 5.12. The van der Waals surface area contributed by atoms with Crippen LogP contribution in [0.2, 0.25) is 0 Å². The summed E-state index contributed by atoms with van der Waals surface area (Å²) in [7, 11) is 0. The summed E-state index contributed by atoms with van der Waals surface area (Å²) in [6.07, 6.45) is 0.946. The van der Waals surface area contributed by atoms with Crippen LogP contribution in [0.5, 0.6) is 5.88 Å². The van der Waals surface area contributed by atoms with Gasteiger partial charge in [0.1, 0.15) is 11.6 Å². The molecule has 0 spiro atoms. The maximum atomic E-state index is 12.8. The van der Waals surface area contributed by atoms with Gasteiger partial charge in [-0.15, -0.1) is 0 Å². The maximum absolute atomic E-state index is 12.8. The number of fused-ring (bicyclic) bond motifs is 1. The number of benzene rings is 2. The van der Waals surface area contributed by atoms with Crippen LogP contribution in [-0.2, 0) is 6.42 Å². The van der Waals surface area contributed by atoms with Crippen molar-refractivity contribution in [2.24, 2.45) is 0 Å². The van der Waals surface area contributed by atoms with Crippen LogP contribution < -0.4 is 10.9 Å². The zero-order valence-electron chi connectivity index (χ0n) is 16.0. The first-order valence-electron chi connectivity index (χ1n) is 9.57. The second kappa shape index (κ2) is 7.37. The predicted octanol–water partition coefficient (Wildman–Crippen LogP) is 2.93. The van der Waals surface area contributed by atoms with Crippen molar-refractivity contribution >= 4 is 12.2 Å². The molecule has 0 saturated carbocycles. The Labute approximate surface area is 168 Å². The zero-order valence-corrected chi connectivity index (χ0v) is 16.8. The third-order valence-electron chi connectivity index (χ3n) is 5.46. The quantitative estimate of drug-likeness (QED) is 0.598. The zero-order chi connectivity index (χ0) is 19.8. The Bertz CT molecular complexity index is 1130. The van der Waals surface area contributed by atoms with Crippen molar-refractivity contribution in [3.63, 3.8) is 0 Å². The van der Waals surface area contributed by atoms with Gasteiger partial charge in [-0.3, -0.25) is 14.3 Å². The fourth-order valence-corrected chi connectivity index (χ4v) is 4.22. The van der Waals surface area contributed by atoms with E-state index in [4.69, 9.17) is 12.2 Å². The van der Waals surface area contributed by atoms with Gasteiger partial charge >= 0.3 is 0 Å². The number of aromatic hydroxyl groups is 1. The average molecular weight is 395 g/mol. The van der Waals surface area contributed by atoms with Gasteiger partial charge in [-0.2, -0.15) is 0 Å². The first-order chi connectivity index (χ1) is 13.5. The summed E-state index contributed by atoms with van der Waals surface area (Å²) in [5.74, 6) is 0.319. The number of aromatic amines is 1. The molecule has 0 radical (unpaired) electrons. The first-order valence-corrected chi connectivity index (χ1v) is 9.98. The molecule has 28 heavy (non-hydrogen) atoms. The molecule has 0 amide bonds. The Morgan fingerprint density at radius 3 is 2.61 bits per heavy atom. The SMILES string of the molecule is CC(C)c1ccc(-n2c(O)c(C3[NH2+]CCc4ccccc43)c(=O)[nH]c2=S)cc1. The summed E-state index contributed by atoms with van der Waals surface area (Å²) >= 11 is 5.37. The molecule has 2 aromatic carbocycles. The Morgan fingerprint density at radius 1 is 1.18 bits per heavy atom. The highest BCUT2D eigenvalue weighted by Crippen LogP contribution is 2.29. The fraction of sp³-hybridized carbons (Fsp3) is 0.273. The molecule has 4 rings (SSSR count). The van der Waals surface area contributed by atoms with E-state index in [2.05, 4.69) is 30.2 Å². The summed E-state index contributed by atoms with van der Waals surface area (Å²) in [5, 5.41) is 13.2. The highest BCUT2D eigenvalue weighted by atomic mass is 32.1. The van der Waals surface area contributed by atoms with Gasteiger partial charge in [0.2, 0.25) is 5.88 Å². The summed E-state index contributed by atoms with van der Waals surface area (Å²) in [5.41, 5.74) is 4.21. The lowest BCUT2D eigenvalue weighted by atomic mass is 9.90. The van der Waals surface area contributed by atoms with E-state index in [1.165, 1.54) is 11.1 Å². The number of hydrogen-bond acceptors (Lipinski definition) is 3. The lowest BCUT2D eigenvalue weighted by molar-refractivity contribution is -0.690. The summed E-state index contributed by atoms with van der Waals surface area (Å²) < 4.78 is 1.73. The Kier molecular flexibility index (Phi) is 4.91. The van der Waals surface area contributed by atoms with Gasteiger partial charge < -0.3 is 10.4 Å². The van der Waals surface area contributed by atoms with Crippen LogP contribution in [0.15, 0.2) is 53.3 Å². The number of rotatable bonds is 3. The van der Waals surface area contributed by atoms with Crippen molar-refractivity contribution < 1.29 is 10.4 Å². The minimum atomic E-state index is -0.337. The summed E-state index contributed by atoms with van der Waals surface area (Å²) in [4.78, 5) is 15.5. The van der Waals surface area contributed by atoms with Crippen molar-refractivity contribution in [1.82, 2.24) is 9.55 Å². The van der Waals surface area contributed by atoms with E-state index < -0.39 is 0 Å². The van der Waals surface area contributed by atoms with Crippen LogP contribution in [-0.4, -0.2) is 21.2 Å². The van der Waals surface area contributed by atoms with Gasteiger partial charge in [-0.25, -0.2) is 0 Å². The van der Waals surface area contributed by atoms with Crippen molar-refractivity contribution in [3.05, 3.63) is 85.9 Å². The third kappa shape index (κ3) is 3.19. The first kappa shape index (κ1) is 18.7. The van der Waals surface area contributed by atoms with Crippen LogP contribution in [0, 0.1) is 4.77 Å². The number of nitrogens with zero attached hydrogens (tertiary/aromatic N) is 1. The molecular formula is C22H24N3O2S+. The second-order valence-electron chi connectivity index (χ2n) is 7.53. The molecule has 1 aromatic heterocycles. The smallest absolute Gasteiger partial charge is 0.265 e. The lowest BCUT2D eigenvalue weighted by Gasteiger charge is -2.25. The molecule has 1 aliphatic rings. The van der Waals surface area contributed by atoms with Gasteiger partial charge in [0.25, 0.3) is 5.56 Å². The van der Waals surface area contributed by atoms with E-state index in [1.54, 1.807) is 4.57 Å². The molecule has 5 nitrogen and oxygen atoms in total. The van der Waals surface area contributed by atoms with E-state index in [0.29, 0.717) is 11.5 Å². The van der Waals surface area contributed by atoms with Crippen molar-refractivity contribution in [3.8, 4) is 11.6 Å². The van der Waals surface area contributed by atoms with Gasteiger partial charge in [-0.05, 0) is 41.4 Å². The van der Waals surface area contributed by atoms with E-state index in [-0.39, 0.29) is 22.3 Å². The minimum Gasteiger partial charge on any atom is -0.494 e. The largest absolute Gasteiger partial charge is 0.494 e. The molecule has 0 fully saturated rings. The van der Waals surface area contributed by atoms with Gasteiger partial charge in [-0.1, -0.05) is 50.2 Å². The number of hydrogen-bond donors (Lipinski definition) is 3. The molecule has 1 unspecified atom stereocenters. The van der Waals surface area contributed by atoms with E-state index >= 15 is 0 Å². The Hall–Kier alpha value is -2.70. The number of aromatic nitrogens is 2. The molecule has 144 valence electrons. The highest BCUT2D eigenvalue weighted by molar-refractivity contribution is 7.71. The average Bonchev–Trinajstić information content (AvgIpc) is 2.68. The summed E-state index contributed by atoms with van der Waals surface area (Å²) in [6, 6.07) is 15.7. The lowest BCUT2D eigenvalue weighted by Crippen LogP contribution is -2.87. The third-order valence-corrected chi connectivity index (χ3v) is 5.74.